The number of methoxy groups -OCH3 is 1. The Morgan fingerprint density at radius 3 is 2.54 bits per heavy atom. The van der Waals surface area contributed by atoms with Crippen molar-refractivity contribution in [3.05, 3.63) is 70.3 Å². The van der Waals surface area contributed by atoms with E-state index in [0.29, 0.717) is 36.9 Å². The van der Waals surface area contributed by atoms with Crippen LogP contribution in [0.4, 0.5) is 5.69 Å². The highest BCUT2D eigenvalue weighted by Gasteiger charge is 2.49. The molecule has 2 bridgehead atoms. The molecule has 13 heteroatoms. The lowest BCUT2D eigenvalue weighted by Crippen LogP contribution is -2.53. The van der Waals surface area contributed by atoms with Crippen LogP contribution in [0.1, 0.15) is 80.3 Å². The molecule has 4 heterocycles. The Kier molecular flexibility index (Phi) is 12.8. The zero-order valence-corrected chi connectivity index (χ0v) is 34.7. The maximum Gasteiger partial charge on any atom is 0.264 e. The van der Waals surface area contributed by atoms with Gasteiger partial charge in [0.2, 0.25) is 10.0 Å². The Hall–Kier alpha value is -3.00. The molecular weight excluding hydrogens is 752 g/mol. The SMILES string of the molecule is C1CN(C2CCOCC2)CCN1.CO[C@@]1(C=O)/C=C/C[C@H](C)[C@@H](C)S(=O)(=O)NC(=O)c2ccc3c(c2)N(C[C@@H]2CC[C@H]21)C[C@@]1(CCCc2cc(Cl)ccc21)CO3. The Morgan fingerprint density at radius 1 is 1.04 bits per heavy atom. The molecule has 2 aromatic carbocycles. The average molecular weight is 811 g/mol. The van der Waals surface area contributed by atoms with E-state index < -0.39 is 26.8 Å². The Labute approximate surface area is 337 Å². The summed E-state index contributed by atoms with van der Waals surface area (Å²) in [4.78, 5) is 31.0. The first-order valence-electron chi connectivity index (χ1n) is 20.6. The molecule has 0 unspecified atom stereocenters. The number of carbonyl (C=O) groups is 2. The topological polar surface area (TPSA) is 127 Å². The van der Waals surface area contributed by atoms with E-state index in [1.807, 2.05) is 25.1 Å². The van der Waals surface area contributed by atoms with Crippen molar-refractivity contribution < 1.29 is 32.2 Å². The zero-order chi connectivity index (χ0) is 39.5. The highest BCUT2D eigenvalue weighted by Crippen LogP contribution is 2.48. The molecule has 56 heavy (non-hydrogen) atoms. The quantitative estimate of drug-likeness (QED) is 0.302. The van der Waals surface area contributed by atoms with E-state index in [1.165, 1.54) is 37.1 Å². The van der Waals surface area contributed by atoms with Gasteiger partial charge in [0.1, 0.15) is 11.4 Å². The second-order valence-electron chi connectivity index (χ2n) is 16.8. The van der Waals surface area contributed by atoms with Crippen molar-refractivity contribution in [1.29, 1.82) is 0 Å². The van der Waals surface area contributed by atoms with Gasteiger partial charge in [-0.1, -0.05) is 30.7 Å². The van der Waals surface area contributed by atoms with Gasteiger partial charge in [-0.15, -0.1) is 0 Å². The third-order valence-corrected chi connectivity index (χ3v) is 15.7. The first kappa shape index (κ1) is 41.2. The van der Waals surface area contributed by atoms with E-state index in [9.17, 15) is 18.0 Å². The zero-order valence-electron chi connectivity index (χ0n) is 33.1. The van der Waals surface area contributed by atoms with Gasteiger partial charge in [-0.2, -0.15) is 0 Å². The average Bonchev–Trinajstić information content (AvgIpc) is 3.35. The van der Waals surface area contributed by atoms with Gasteiger partial charge in [0.25, 0.3) is 5.91 Å². The summed E-state index contributed by atoms with van der Waals surface area (Å²) in [5.74, 6) is -0.203. The number of carbonyl (C=O) groups excluding carboxylic acids is 2. The van der Waals surface area contributed by atoms with Crippen molar-refractivity contribution in [3.8, 4) is 5.75 Å². The lowest BCUT2D eigenvalue weighted by Gasteiger charge is -2.48. The fourth-order valence-electron chi connectivity index (χ4n) is 9.78. The van der Waals surface area contributed by atoms with Crippen LogP contribution in [0, 0.1) is 17.8 Å². The lowest BCUT2D eigenvalue weighted by molar-refractivity contribution is -0.135. The third-order valence-electron chi connectivity index (χ3n) is 13.6. The molecule has 1 saturated carbocycles. The van der Waals surface area contributed by atoms with Gasteiger partial charge in [-0.25, -0.2) is 13.1 Å². The minimum absolute atomic E-state index is 0.0434. The molecule has 1 spiro atoms. The first-order chi connectivity index (χ1) is 27.0. The number of anilines is 1. The molecule has 2 saturated heterocycles. The predicted octanol–water partition coefficient (Wildman–Crippen LogP) is 5.54. The van der Waals surface area contributed by atoms with Crippen LogP contribution in [-0.2, 0) is 36.1 Å². The lowest BCUT2D eigenvalue weighted by atomic mass is 9.64. The maximum atomic E-state index is 13.4. The summed E-state index contributed by atoms with van der Waals surface area (Å²) in [5.41, 5.74) is 2.05. The standard InChI is InChI=1S/C34H41ClN2O6S.C9H18N2O/c1-22-6-4-15-34(20-38,42-3)29-11-8-26(29)18-37-19-33(14-5-7-24-16-27(35)10-12-28(24)33)21-43-31-13-9-25(17-30(31)37)32(39)36-44(40,41)23(22)2;1-7-12-8-2-9(1)11-5-3-10-4-6-11/h4,9-10,12-13,15-17,20,22-23,26,29H,5-8,11,14,18-19,21H2,1-3H3,(H,36,39);9-10H,1-8H2/b15-4+;/t22-,23+,26-,29+,33-,34+;/m0./s1. The fraction of sp³-hybridized carbons (Fsp3) is 0.628. The third kappa shape index (κ3) is 8.57. The number of fused-ring (bicyclic) bond motifs is 4. The summed E-state index contributed by atoms with van der Waals surface area (Å²) in [7, 11) is -2.41. The summed E-state index contributed by atoms with van der Waals surface area (Å²) in [6, 6.07) is 12.1. The van der Waals surface area contributed by atoms with Crippen molar-refractivity contribution in [2.45, 2.75) is 87.5 Å². The van der Waals surface area contributed by atoms with Crippen molar-refractivity contribution >= 4 is 39.5 Å². The molecule has 2 N–H and O–H groups in total. The van der Waals surface area contributed by atoms with E-state index in [-0.39, 0.29) is 28.7 Å². The van der Waals surface area contributed by atoms with Crippen LogP contribution in [0.3, 0.4) is 0 Å². The Morgan fingerprint density at radius 2 is 1.82 bits per heavy atom. The molecule has 6 atom stereocenters. The van der Waals surface area contributed by atoms with Crippen LogP contribution < -0.4 is 19.7 Å². The van der Waals surface area contributed by atoms with Gasteiger partial charge >= 0.3 is 0 Å². The van der Waals surface area contributed by atoms with Gasteiger partial charge in [0, 0.05) is 87.6 Å². The number of aldehydes is 1. The number of nitrogens with zero attached hydrogens (tertiary/aromatic N) is 2. The van der Waals surface area contributed by atoms with E-state index in [0.717, 1.165) is 76.4 Å². The number of ether oxygens (including phenoxy) is 3. The van der Waals surface area contributed by atoms with Gasteiger partial charge < -0.3 is 24.4 Å². The Bertz CT molecular complexity index is 1850. The van der Waals surface area contributed by atoms with E-state index in [1.54, 1.807) is 32.2 Å². The summed E-state index contributed by atoms with van der Waals surface area (Å²) in [6.07, 6.45) is 12.1. The molecule has 0 radical (unpaired) electrons. The fourth-order valence-corrected chi connectivity index (χ4v) is 11.3. The smallest absolute Gasteiger partial charge is 0.264 e. The second kappa shape index (κ2) is 17.5. The van der Waals surface area contributed by atoms with E-state index in [2.05, 4.69) is 32.0 Å². The van der Waals surface area contributed by atoms with Gasteiger partial charge in [-0.05, 0) is 118 Å². The largest absolute Gasteiger partial charge is 0.490 e. The highest BCUT2D eigenvalue weighted by atomic mass is 35.5. The Balaban J connectivity index is 0.000000339. The summed E-state index contributed by atoms with van der Waals surface area (Å²) in [6.45, 7) is 11.9. The predicted molar refractivity (Wildman–Crippen MR) is 219 cm³/mol. The minimum atomic E-state index is -3.97. The molecule has 0 aromatic heterocycles. The minimum Gasteiger partial charge on any atom is -0.490 e. The van der Waals surface area contributed by atoms with Gasteiger partial charge in [-0.3, -0.25) is 14.5 Å². The summed E-state index contributed by atoms with van der Waals surface area (Å²) in [5, 5.41) is 3.26. The van der Waals surface area contributed by atoms with Crippen LogP contribution >= 0.6 is 11.6 Å². The molecule has 8 rings (SSSR count). The van der Waals surface area contributed by atoms with E-state index >= 15 is 0 Å². The van der Waals surface area contributed by atoms with Gasteiger partial charge in [0.05, 0.1) is 17.5 Å². The van der Waals surface area contributed by atoms with E-state index in [4.69, 9.17) is 25.8 Å². The molecule has 1 amide bonds. The van der Waals surface area contributed by atoms with Crippen LogP contribution in [0.15, 0.2) is 48.6 Å². The first-order valence-corrected chi connectivity index (χ1v) is 22.5. The van der Waals surface area contributed by atoms with Crippen LogP contribution in [-0.4, -0.2) is 109 Å². The molecule has 306 valence electrons. The number of hydrogen-bond donors (Lipinski definition) is 2. The summed E-state index contributed by atoms with van der Waals surface area (Å²) < 4.78 is 46.7. The second-order valence-corrected chi connectivity index (χ2v) is 19.3. The van der Waals surface area contributed by atoms with Gasteiger partial charge in [0.15, 0.2) is 6.29 Å². The van der Waals surface area contributed by atoms with Crippen molar-refractivity contribution in [2.24, 2.45) is 17.8 Å². The number of sulfonamides is 1. The molecular formula is C43H59ClN4O7S. The summed E-state index contributed by atoms with van der Waals surface area (Å²) >= 11 is 6.40. The number of allylic oxidation sites excluding steroid dienone is 1. The number of piperazine rings is 1. The number of amides is 1. The molecule has 2 aliphatic carbocycles. The number of benzene rings is 2. The van der Waals surface area contributed by atoms with Crippen molar-refractivity contribution in [3.63, 3.8) is 0 Å². The number of rotatable bonds is 3. The molecule has 4 aliphatic heterocycles. The number of hydrogen-bond acceptors (Lipinski definition) is 10. The van der Waals surface area contributed by atoms with Crippen LogP contribution in [0.25, 0.3) is 0 Å². The number of nitrogens with one attached hydrogen (secondary N) is 2. The molecule has 3 fully saturated rings. The van der Waals surface area contributed by atoms with Crippen molar-refractivity contribution in [2.75, 3.05) is 71.1 Å². The maximum absolute atomic E-state index is 13.4. The molecule has 6 aliphatic rings. The normalized spacial score (nSPS) is 32.9. The molecule has 2 aromatic rings. The number of aryl methyl sites for hydroxylation is 1. The highest BCUT2D eigenvalue weighted by molar-refractivity contribution is 7.90. The van der Waals surface area contributed by atoms with Crippen LogP contribution in [0.5, 0.6) is 5.75 Å². The van der Waals surface area contributed by atoms with Crippen molar-refractivity contribution in [1.82, 2.24) is 14.9 Å². The number of halogens is 1. The monoisotopic (exact) mass is 810 g/mol. The van der Waals surface area contributed by atoms with Crippen LogP contribution in [0.2, 0.25) is 5.02 Å². The molecule has 11 nitrogen and oxygen atoms in total.